The van der Waals surface area contributed by atoms with Crippen LogP contribution in [0.15, 0.2) is 67.0 Å². The lowest BCUT2D eigenvalue weighted by Crippen LogP contribution is -3.27. The molecule has 3 N–H and O–H groups in total. The van der Waals surface area contributed by atoms with Gasteiger partial charge in [-0.3, -0.25) is 0 Å². The summed E-state index contributed by atoms with van der Waals surface area (Å²) in [7, 11) is 0. The second-order valence-corrected chi connectivity index (χ2v) is 6.95. The van der Waals surface area contributed by atoms with Crippen LogP contribution in [-0.4, -0.2) is 26.2 Å². The standard InChI is InChI=1S/C21H23N3/c1-2-6-21-14-18(7-8-20(21)5-1)16-23-10-12-24(13-11-23)17-19-4-3-9-22-15-19/h1-9,14-15H,10-13,16-17H2/p+3. The number of aromatic amines is 1. The fraction of sp³-hybridized carbons (Fsp3) is 0.286. The maximum Gasteiger partial charge on any atom is 0.175 e. The smallest absolute Gasteiger partial charge is 0.175 e. The normalized spacial score (nSPS) is 21.0. The summed E-state index contributed by atoms with van der Waals surface area (Å²) in [6.07, 6.45) is 4.10. The zero-order valence-corrected chi connectivity index (χ0v) is 14.1. The molecule has 2 heterocycles. The van der Waals surface area contributed by atoms with E-state index in [1.165, 1.54) is 48.1 Å². The van der Waals surface area contributed by atoms with Crippen molar-refractivity contribution in [1.82, 2.24) is 0 Å². The zero-order valence-electron chi connectivity index (χ0n) is 14.1. The molecule has 1 aliphatic heterocycles. The first-order valence-electron chi connectivity index (χ1n) is 8.97. The molecule has 0 bridgehead atoms. The number of benzene rings is 2. The Morgan fingerprint density at radius 3 is 2.12 bits per heavy atom. The number of rotatable bonds is 4. The van der Waals surface area contributed by atoms with E-state index in [0.29, 0.717) is 0 Å². The molecule has 3 nitrogen and oxygen atoms in total. The van der Waals surface area contributed by atoms with Crippen LogP contribution in [0, 0.1) is 0 Å². The number of pyridine rings is 1. The van der Waals surface area contributed by atoms with Crippen molar-refractivity contribution in [2.45, 2.75) is 13.1 Å². The third-order valence-corrected chi connectivity index (χ3v) is 5.16. The predicted molar refractivity (Wildman–Crippen MR) is 95.7 cm³/mol. The summed E-state index contributed by atoms with van der Waals surface area (Å²) in [6, 6.07) is 19.9. The van der Waals surface area contributed by atoms with Crippen LogP contribution in [0.4, 0.5) is 0 Å². The monoisotopic (exact) mass is 320 g/mol. The third-order valence-electron chi connectivity index (χ3n) is 5.16. The van der Waals surface area contributed by atoms with E-state index in [4.69, 9.17) is 0 Å². The summed E-state index contributed by atoms with van der Waals surface area (Å²) in [5.41, 5.74) is 2.87. The van der Waals surface area contributed by atoms with Gasteiger partial charge in [0.05, 0.1) is 5.56 Å². The van der Waals surface area contributed by atoms with Crippen LogP contribution in [-0.2, 0) is 13.1 Å². The van der Waals surface area contributed by atoms with E-state index in [1.807, 2.05) is 6.20 Å². The Bertz CT molecular complexity index is 792. The van der Waals surface area contributed by atoms with Gasteiger partial charge in [-0.1, -0.05) is 36.4 Å². The SMILES string of the molecule is c1c[nH+]cc(C[NH+]2CC[NH+](Cc3ccc4ccccc4c3)CC2)c1. The van der Waals surface area contributed by atoms with E-state index >= 15 is 0 Å². The van der Waals surface area contributed by atoms with Crippen molar-refractivity contribution in [2.75, 3.05) is 26.2 Å². The van der Waals surface area contributed by atoms with Gasteiger partial charge in [-0.25, -0.2) is 4.98 Å². The summed E-state index contributed by atoms with van der Waals surface area (Å²) in [5, 5.41) is 2.70. The molecule has 3 heteroatoms. The molecule has 4 rings (SSSR count). The topological polar surface area (TPSA) is 23.0 Å². The maximum absolute atomic E-state index is 3.19. The molecule has 1 saturated heterocycles. The van der Waals surface area contributed by atoms with Crippen molar-refractivity contribution >= 4 is 10.8 Å². The second-order valence-electron chi connectivity index (χ2n) is 6.95. The molecule has 0 amide bonds. The van der Waals surface area contributed by atoms with Gasteiger partial charge in [0, 0.05) is 11.6 Å². The molecular weight excluding hydrogens is 294 g/mol. The lowest BCUT2D eigenvalue weighted by atomic mass is 10.1. The summed E-state index contributed by atoms with van der Waals surface area (Å²) >= 11 is 0. The molecule has 1 fully saturated rings. The van der Waals surface area contributed by atoms with Gasteiger partial charge in [-0.05, 0) is 22.9 Å². The van der Waals surface area contributed by atoms with Gasteiger partial charge in [0.25, 0.3) is 0 Å². The fourth-order valence-corrected chi connectivity index (χ4v) is 3.78. The number of quaternary nitrogens is 2. The van der Waals surface area contributed by atoms with Crippen LogP contribution in [0.5, 0.6) is 0 Å². The van der Waals surface area contributed by atoms with Crippen LogP contribution in [0.1, 0.15) is 11.1 Å². The Balaban J connectivity index is 1.34. The largest absolute Gasteiger partial charge is 0.322 e. The predicted octanol–water partition coefficient (Wildman–Crippen LogP) is 0.138. The van der Waals surface area contributed by atoms with Crippen LogP contribution in [0.25, 0.3) is 10.8 Å². The maximum atomic E-state index is 3.19. The summed E-state index contributed by atoms with van der Waals surface area (Å²) in [5.74, 6) is 0. The quantitative estimate of drug-likeness (QED) is 0.683. The third kappa shape index (κ3) is 3.64. The number of fused-ring (bicyclic) bond motifs is 1. The highest BCUT2D eigenvalue weighted by molar-refractivity contribution is 5.82. The van der Waals surface area contributed by atoms with Gasteiger partial charge in [0.15, 0.2) is 12.4 Å². The van der Waals surface area contributed by atoms with Crippen molar-refractivity contribution in [3.63, 3.8) is 0 Å². The van der Waals surface area contributed by atoms with E-state index in [-0.39, 0.29) is 0 Å². The molecule has 0 unspecified atom stereocenters. The molecule has 0 saturated carbocycles. The second kappa shape index (κ2) is 7.12. The minimum Gasteiger partial charge on any atom is -0.322 e. The first-order chi connectivity index (χ1) is 11.9. The highest BCUT2D eigenvalue weighted by Crippen LogP contribution is 2.14. The molecule has 1 aromatic heterocycles. The van der Waals surface area contributed by atoms with Crippen LogP contribution in [0.2, 0.25) is 0 Å². The highest BCUT2D eigenvalue weighted by atomic mass is 15.3. The minimum absolute atomic E-state index is 1.14. The number of hydrogen-bond acceptors (Lipinski definition) is 0. The number of hydrogen-bond donors (Lipinski definition) is 2. The zero-order chi connectivity index (χ0) is 16.2. The first kappa shape index (κ1) is 15.3. The Morgan fingerprint density at radius 2 is 1.42 bits per heavy atom. The van der Waals surface area contributed by atoms with Gasteiger partial charge in [0.1, 0.15) is 39.3 Å². The van der Waals surface area contributed by atoms with E-state index in [1.54, 1.807) is 9.80 Å². The van der Waals surface area contributed by atoms with Crippen LogP contribution in [0.3, 0.4) is 0 Å². The molecule has 3 aromatic rings. The number of H-pyrrole nitrogens is 1. The van der Waals surface area contributed by atoms with E-state index in [9.17, 15) is 0 Å². The van der Waals surface area contributed by atoms with E-state index < -0.39 is 0 Å². The van der Waals surface area contributed by atoms with Crippen LogP contribution < -0.4 is 14.8 Å². The molecular formula is C21H26N3+3. The van der Waals surface area contributed by atoms with Gasteiger partial charge in [0.2, 0.25) is 0 Å². The number of nitrogens with one attached hydrogen (secondary N) is 3. The first-order valence-corrected chi connectivity index (χ1v) is 8.97. The van der Waals surface area contributed by atoms with Gasteiger partial charge < -0.3 is 9.80 Å². The Kier molecular flexibility index (Phi) is 4.54. The van der Waals surface area contributed by atoms with E-state index in [2.05, 4.69) is 65.8 Å². The molecule has 0 spiro atoms. The van der Waals surface area contributed by atoms with Crippen molar-refractivity contribution < 1.29 is 14.8 Å². The summed E-state index contributed by atoms with van der Waals surface area (Å²) in [4.78, 5) is 6.61. The minimum atomic E-state index is 1.14. The Morgan fingerprint density at radius 1 is 0.708 bits per heavy atom. The molecule has 122 valence electrons. The molecule has 0 atom stereocenters. The number of piperazine rings is 1. The van der Waals surface area contributed by atoms with E-state index in [0.717, 1.165) is 13.1 Å². The van der Waals surface area contributed by atoms with Gasteiger partial charge >= 0.3 is 0 Å². The molecule has 1 aliphatic rings. The molecule has 0 radical (unpaired) electrons. The highest BCUT2D eigenvalue weighted by Gasteiger charge is 2.23. The Labute approximate surface area is 143 Å². The molecule has 24 heavy (non-hydrogen) atoms. The van der Waals surface area contributed by atoms with Crippen molar-refractivity contribution in [1.29, 1.82) is 0 Å². The van der Waals surface area contributed by atoms with Gasteiger partial charge in [-0.15, -0.1) is 0 Å². The summed E-state index contributed by atoms with van der Waals surface area (Å²) in [6.45, 7) is 7.34. The lowest BCUT2D eigenvalue weighted by molar-refractivity contribution is -1.02. The Hall–Kier alpha value is -2.23. The fourth-order valence-electron chi connectivity index (χ4n) is 3.78. The average Bonchev–Trinajstić information content (AvgIpc) is 2.64. The molecule has 0 aliphatic carbocycles. The molecule has 2 aromatic carbocycles. The van der Waals surface area contributed by atoms with Gasteiger partial charge in [-0.2, -0.15) is 0 Å². The average molecular weight is 320 g/mol. The van der Waals surface area contributed by atoms with Crippen molar-refractivity contribution in [2.24, 2.45) is 0 Å². The van der Waals surface area contributed by atoms with Crippen LogP contribution >= 0.6 is 0 Å². The summed E-state index contributed by atoms with van der Waals surface area (Å²) < 4.78 is 0. The number of aromatic nitrogens is 1. The van der Waals surface area contributed by atoms with Crippen molar-refractivity contribution in [3.05, 3.63) is 78.1 Å². The van der Waals surface area contributed by atoms with Crippen molar-refractivity contribution in [3.8, 4) is 0 Å². The lowest BCUT2D eigenvalue weighted by Gasteiger charge is -2.29.